The number of nitrogens with zero attached hydrogens (tertiary/aromatic N) is 3. The highest BCUT2D eigenvalue weighted by atomic mass is 32.1. The van der Waals surface area contributed by atoms with Crippen LogP contribution in [0.15, 0.2) is 0 Å². The van der Waals surface area contributed by atoms with Crippen LogP contribution < -0.4 is 5.32 Å². The van der Waals surface area contributed by atoms with Crippen molar-refractivity contribution >= 4 is 22.4 Å². The maximum absolute atomic E-state index is 12.0. The molecule has 0 aliphatic carbocycles. The highest BCUT2D eigenvalue weighted by Crippen LogP contribution is 2.22. The van der Waals surface area contributed by atoms with E-state index in [0.29, 0.717) is 16.7 Å². The first-order valence-corrected chi connectivity index (χ1v) is 6.01. The number of carbonyl (C=O) groups excluding carboxylic acids is 1. The number of aromatic nitrogens is 2. The van der Waals surface area contributed by atoms with E-state index < -0.39 is 0 Å². The van der Waals surface area contributed by atoms with Crippen LogP contribution in [0, 0.1) is 0 Å². The molecule has 1 fully saturated rings. The third-order valence-corrected chi connectivity index (χ3v) is 3.60. The Morgan fingerprint density at radius 3 is 3.12 bits per heavy atom. The summed E-state index contributed by atoms with van der Waals surface area (Å²) in [5, 5.41) is 20.7. The van der Waals surface area contributed by atoms with Gasteiger partial charge in [0.05, 0.1) is 12.6 Å². The molecule has 1 aromatic heterocycles. The summed E-state index contributed by atoms with van der Waals surface area (Å²) in [5.41, 5.74) is 0. The quantitative estimate of drug-likeness (QED) is 0.790. The molecule has 1 unspecified atom stereocenters. The summed E-state index contributed by atoms with van der Waals surface area (Å²) in [7, 11) is 1.74. The van der Waals surface area contributed by atoms with Gasteiger partial charge in [-0.05, 0) is 12.8 Å². The van der Waals surface area contributed by atoms with Gasteiger partial charge in [-0.2, -0.15) is 0 Å². The van der Waals surface area contributed by atoms with Gasteiger partial charge in [0.1, 0.15) is 0 Å². The molecule has 0 saturated carbocycles. The largest absolute Gasteiger partial charge is 0.394 e. The van der Waals surface area contributed by atoms with Gasteiger partial charge in [0.2, 0.25) is 10.1 Å². The second kappa shape index (κ2) is 4.75. The minimum absolute atomic E-state index is 0.0173. The standard InChI is InChI=1S/C9H14N4O2S/c1-10-9-12-11-7(16-9)8(15)13-4-2-3-6(13)5-14/h6,14H,2-5H2,1H3,(H,10,12). The summed E-state index contributed by atoms with van der Waals surface area (Å²) < 4.78 is 0. The van der Waals surface area contributed by atoms with Gasteiger partial charge in [-0.15, -0.1) is 10.2 Å². The second-order valence-electron chi connectivity index (χ2n) is 3.64. The molecular weight excluding hydrogens is 228 g/mol. The lowest BCUT2D eigenvalue weighted by Gasteiger charge is -2.21. The highest BCUT2D eigenvalue weighted by molar-refractivity contribution is 7.17. The van der Waals surface area contributed by atoms with E-state index in [2.05, 4.69) is 15.5 Å². The van der Waals surface area contributed by atoms with Crippen molar-refractivity contribution in [3.8, 4) is 0 Å². The van der Waals surface area contributed by atoms with Gasteiger partial charge in [0.25, 0.3) is 5.91 Å². The molecule has 1 atom stereocenters. The molecule has 1 aromatic rings. The van der Waals surface area contributed by atoms with E-state index in [9.17, 15) is 4.79 Å². The molecule has 2 rings (SSSR count). The average Bonchev–Trinajstić information content (AvgIpc) is 2.96. The third kappa shape index (κ3) is 2.00. The average molecular weight is 242 g/mol. The number of anilines is 1. The Morgan fingerprint density at radius 1 is 1.69 bits per heavy atom. The van der Waals surface area contributed by atoms with Crippen LogP contribution >= 0.6 is 11.3 Å². The van der Waals surface area contributed by atoms with Crippen molar-refractivity contribution in [1.29, 1.82) is 0 Å². The van der Waals surface area contributed by atoms with Crippen molar-refractivity contribution in [2.45, 2.75) is 18.9 Å². The summed E-state index contributed by atoms with van der Waals surface area (Å²) >= 11 is 1.23. The fraction of sp³-hybridized carbons (Fsp3) is 0.667. The normalized spacial score (nSPS) is 20.1. The first-order valence-electron chi connectivity index (χ1n) is 5.19. The Hall–Kier alpha value is -1.21. The summed E-state index contributed by atoms with van der Waals surface area (Å²) in [5.74, 6) is -0.129. The molecule has 2 heterocycles. The molecule has 1 saturated heterocycles. The number of aliphatic hydroxyl groups is 1. The number of hydrogen-bond donors (Lipinski definition) is 2. The van der Waals surface area contributed by atoms with Crippen LogP contribution in [0.25, 0.3) is 0 Å². The molecule has 1 aliphatic heterocycles. The van der Waals surface area contributed by atoms with Crippen LogP contribution in [0.1, 0.15) is 22.6 Å². The number of carbonyl (C=O) groups is 1. The number of rotatable bonds is 3. The van der Waals surface area contributed by atoms with Crippen molar-refractivity contribution in [2.75, 3.05) is 25.5 Å². The van der Waals surface area contributed by atoms with Crippen LogP contribution in [0.2, 0.25) is 0 Å². The van der Waals surface area contributed by atoms with Crippen molar-refractivity contribution in [1.82, 2.24) is 15.1 Å². The molecule has 1 aliphatic rings. The van der Waals surface area contributed by atoms with Gasteiger partial charge < -0.3 is 15.3 Å². The first kappa shape index (κ1) is 11.3. The van der Waals surface area contributed by atoms with Gasteiger partial charge >= 0.3 is 0 Å². The van der Waals surface area contributed by atoms with E-state index in [-0.39, 0.29) is 18.6 Å². The van der Waals surface area contributed by atoms with Gasteiger partial charge in [0.15, 0.2) is 0 Å². The summed E-state index contributed by atoms with van der Waals surface area (Å²) in [6.45, 7) is 0.710. The Morgan fingerprint density at radius 2 is 2.50 bits per heavy atom. The fourth-order valence-electron chi connectivity index (χ4n) is 1.83. The maximum atomic E-state index is 12.0. The zero-order valence-corrected chi connectivity index (χ0v) is 9.83. The Labute approximate surface area is 97.3 Å². The second-order valence-corrected chi connectivity index (χ2v) is 4.62. The van der Waals surface area contributed by atoms with Gasteiger partial charge in [0, 0.05) is 13.6 Å². The van der Waals surface area contributed by atoms with E-state index >= 15 is 0 Å². The molecule has 16 heavy (non-hydrogen) atoms. The van der Waals surface area contributed by atoms with E-state index in [1.807, 2.05) is 0 Å². The van der Waals surface area contributed by atoms with E-state index in [0.717, 1.165) is 12.8 Å². The number of hydrogen-bond acceptors (Lipinski definition) is 6. The SMILES string of the molecule is CNc1nnc(C(=O)N2CCCC2CO)s1. The van der Waals surface area contributed by atoms with Crippen LogP contribution in [0.5, 0.6) is 0 Å². The highest BCUT2D eigenvalue weighted by Gasteiger charge is 2.30. The predicted molar refractivity (Wildman–Crippen MR) is 60.6 cm³/mol. The van der Waals surface area contributed by atoms with Gasteiger partial charge in [-0.25, -0.2) is 0 Å². The number of amides is 1. The number of likely N-dealkylation sites (tertiary alicyclic amines) is 1. The molecule has 6 nitrogen and oxygen atoms in total. The Bertz CT molecular complexity index is 381. The number of aliphatic hydroxyl groups excluding tert-OH is 1. The van der Waals surface area contributed by atoms with Crippen LogP contribution in [0.3, 0.4) is 0 Å². The van der Waals surface area contributed by atoms with Gasteiger partial charge in [-0.1, -0.05) is 11.3 Å². The smallest absolute Gasteiger partial charge is 0.285 e. The summed E-state index contributed by atoms with van der Waals surface area (Å²) in [6.07, 6.45) is 1.80. The number of nitrogens with one attached hydrogen (secondary N) is 1. The van der Waals surface area contributed by atoms with Crippen molar-refractivity contribution < 1.29 is 9.90 Å². The summed E-state index contributed by atoms with van der Waals surface area (Å²) in [6, 6.07) is -0.0607. The van der Waals surface area contributed by atoms with Crippen molar-refractivity contribution in [2.24, 2.45) is 0 Å². The van der Waals surface area contributed by atoms with Gasteiger partial charge in [-0.3, -0.25) is 4.79 Å². The molecule has 0 spiro atoms. The molecule has 1 amide bonds. The minimum Gasteiger partial charge on any atom is -0.394 e. The summed E-state index contributed by atoms with van der Waals surface area (Å²) in [4.78, 5) is 13.7. The molecular formula is C9H14N4O2S. The molecule has 0 radical (unpaired) electrons. The minimum atomic E-state index is -0.129. The first-order chi connectivity index (χ1) is 7.76. The van der Waals surface area contributed by atoms with Crippen molar-refractivity contribution in [3.05, 3.63) is 5.01 Å². The van der Waals surface area contributed by atoms with Crippen LogP contribution in [0.4, 0.5) is 5.13 Å². The van der Waals surface area contributed by atoms with Crippen molar-refractivity contribution in [3.63, 3.8) is 0 Å². The molecule has 0 bridgehead atoms. The lowest BCUT2D eigenvalue weighted by atomic mass is 10.2. The lowest BCUT2D eigenvalue weighted by Crippen LogP contribution is -2.37. The van der Waals surface area contributed by atoms with Crippen LogP contribution in [-0.2, 0) is 0 Å². The zero-order valence-electron chi connectivity index (χ0n) is 9.01. The third-order valence-electron chi connectivity index (χ3n) is 2.67. The predicted octanol–water partition coefficient (Wildman–Crippen LogP) is 0.177. The van der Waals surface area contributed by atoms with E-state index in [1.54, 1.807) is 11.9 Å². The molecule has 7 heteroatoms. The zero-order chi connectivity index (χ0) is 11.5. The topological polar surface area (TPSA) is 78.4 Å². The van der Waals surface area contributed by atoms with E-state index in [1.165, 1.54) is 11.3 Å². The van der Waals surface area contributed by atoms with Crippen LogP contribution in [-0.4, -0.2) is 52.4 Å². The monoisotopic (exact) mass is 242 g/mol. The molecule has 88 valence electrons. The Kier molecular flexibility index (Phi) is 3.35. The lowest BCUT2D eigenvalue weighted by molar-refractivity contribution is 0.0676. The Balaban J connectivity index is 2.12. The maximum Gasteiger partial charge on any atom is 0.285 e. The molecule has 2 N–H and O–H groups in total. The fourth-order valence-corrected chi connectivity index (χ4v) is 2.48. The molecule has 0 aromatic carbocycles. The van der Waals surface area contributed by atoms with E-state index in [4.69, 9.17) is 5.11 Å².